The number of ether oxygens (including phenoxy) is 2. The minimum Gasteiger partial charge on any atom is -0.480 e. The summed E-state index contributed by atoms with van der Waals surface area (Å²) in [7, 11) is 1.20. The topological polar surface area (TPSA) is 135 Å². The smallest absolute Gasteiger partial charge is 0.373 e. The number of nitrogens with one attached hydrogen (secondary N) is 1. The summed E-state index contributed by atoms with van der Waals surface area (Å²) in [5, 5.41) is 11.2. The van der Waals surface area contributed by atoms with Crippen molar-refractivity contribution in [2.24, 2.45) is 0 Å². The quantitative estimate of drug-likeness (QED) is 0.385. The standard InChI is InChI=1S/C19H15ClN2O8/c1-28-18(26)15-5-3-11(30-15)8-22-17(25)13(21-19(22)27)7-10-2-4-14(12(20)6-10)29-9-16(23)24/h2-7H,8-9H2,1H3,(H,21,27)(H,23,24)/b13-7-. The zero-order chi connectivity index (χ0) is 21.8. The van der Waals surface area contributed by atoms with Crippen LogP contribution in [0, 0.1) is 0 Å². The Morgan fingerprint density at radius 1 is 1.27 bits per heavy atom. The van der Waals surface area contributed by atoms with Crippen LogP contribution in [0.15, 0.2) is 40.4 Å². The van der Waals surface area contributed by atoms with Gasteiger partial charge in [-0.15, -0.1) is 0 Å². The maximum absolute atomic E-state index is 12.6. The van der Waals surface area contributed by atoms with Gasteiger partial charge in [0.15, 0.2) is 6.61 Å². The lowest BCUT2D eigenvalue weighted by Gasteiger charge is -2.09. The zero-order valence-electron chi connectivity index (χ0n) is 15.5. The fourth-order valence-corrected chi connectivity index (χ4v) is 2.82. The van der Waals surface area contributed by atoms with Crippen LogP contribution in [0.5, 0.6) is 5.75 Å². The van der Waals surface area contributed by atoms with Crippen LogP contribution in [-0.2, 0) is 20.9 Å². The first-order chi connectivity index (χ1) is 14.3. The number of esters is 1. The maximum Gasteiger partial charge on any atom is 0.373 e. The predicted octanol–water partition coefficient (Wildman–Crippen LogP) is 2.28. The molecule has 1 saturated heterocycles. The van der Waals surface area contributed by atoms with Crippen LogP contribution in [0.1, 0.15) is 21.9 Å². The predicted molar refractivity (Wildman–Crippen MR) is 102 cm³/mol. The molecule has 0 radical (unpaired) electrons. The van der Waals surface area contributed by atoms with Gasteiger partial charge in [-0.05, 0) is 35.9 Å². The summed E-state index contributed by atoms with van der Waals surface area (Å²) in [6.07, 6.45) is 1.41. The van der Waals surface area contributed by atoms with Crippen molar-refractivity contribution in [3.8, 4) is 5.75 Å². The normalized spacial score (nSPS) is 14.7. The van der Waals surface area contributed by atoms with Crippen molar-refractivity contribution in [2.75, 3.05) is 13.7 Å². The molecule has 2 N–H and O–H groups in total. The van der Waals surface area contributed by atoms with Crippen LogP contribution < -0.4 is 10.1 Å². The van der Waals surface area contributed by atoms with E-state index in [2.05, 4.69) is 10.1 Å². The number of carboxylic acid groups (broad SMARTS) is 1. The molecule has 0 spiro atoms. The number of methoxy groups -OCH3 is 1. The van der Waals surface area contributed by atoms with Gasteiger partial charge in [0.2, 0.25) is 5.76 Å². The van der Waals surface area contributed by atoms with E-state index in [-0.39, 0.29) is 34.5 Å². The lowest BCUT2D eigenvalue weighted by Crippen LogP contribution is -2.30. The number of imide groups is 1. The van der Waals surface area contributed by atoms with Crippen molar-refractivity contribution in [3.63, 3.8) is 0 Å². The summed E-state index contributed by atoms with van der Waals surface area (Å²) in [6, 6.07) is 6.65. The summed E-state index contributed by atoms with van der Waals surface area (Å²) >= 11 is 6.06. The van der Waals surface area contributed by atoms with E-state index in [0.29, 0.717) is 5.56 Å². The molecular formula is C19H15ClN2O8. The number of benzene rings is 1. The molecule has 1 fully saturated rings. The highest BCUT2D eigenvalue weighted by Gasteiger charge is 2.34. The molecule has 2 heterocycles. The fourth-order valence-electron chi connectivity index (χ4n) is 2.57. The van der Waals surface area contributed by atoms with Crippen molar-refractivity contribution >= 4 is 41.6 Å². The molecule has 1 aliphatic rings. The summed E-state index contributed by atoms with van der Waals surface area (Å²) in [5.74, 6) is -2.07. The summed E-state index contributed by atoms with van der Waals surface area (Å²) in [6.45, 7) is -0.726. The molecule has 0 aliphatic carbocycles. The average Bonchev–Trinajstić information content (AvgIpc) is 3.27. The van der Waals surface area contributed by atoms with Gasteiger partial charge in [-0.2, -0.15) is 0 Å². The number of urea groups is 1. The maximum atomic E-state index is 12.6. The Balaban J connectivity index is 1.73. The number of carboxylic acids is 1. The lowest BCUT2D eigenvalue weighted by atomic mass is 10.2. The molecule has 11 heteroatoms. The van der Waals surface area contributed by atoms with Gasteiger partial charge in [-0.25, -0.2) is 14.4 Å². The number of furan rings is 1. The molecule has 1 aliphatic heterocycles. The van der Waals surface area contributed by atoms with Crippen LogP contribution in [0.25, 0.3) is 6.08 Å². The second-order valence-corrected chi connectivity index (χ2v) is 6.42. The van der Waals surface area contributed by atoms with Crippen LogP contribution in [0.2, 0.25) is 5.02 Å². The molecule has 30 heavy (non-hydrogen) atoms. The Bertz CT molecular complexity index is 1060. The second kappa shape index (κ2) is 8.70. The molecule has 0 unspecified atom stereocenters. The number of carbonyl (C=O) groups excluding carboxylic acids is 3. The molecule has 3 rings (SSSR count). The first-order valence-electron chi connectivity index (χ1n) is 8.44. The van der Waals surface area contributed by atoms with Crippen LogP contribution in [0.4, 0.5) is 4.79 Å². The number of hydrogen-bond donors (Lipinski definition) is 2. The van der Waals surface area contributed by atoms with Crippen molar-refractivity contribution < 1.29 is 38.2 Å². The second-order valence-electron chi connectivity index (χ2n) is 6.01. The zero-order valence-corrected chi connectivity index (χ0v) is 16.3. The number of nitrogens with zero attached hydrogens (tertiary/aromatic N) is 1. The number of hydrogen-bond acceptors (Lipinski definition) is 7. The monoisotopic (exact) mass is 434 g/mol. The summed E-state index contributed by atoms with van der Waals surface area (Å²) in [4.78, 5) is 47.7. The van der Waals surface area contributed by atoms with Crippen LogP contribution in [-0.4, -0.2) is 47.6 Å². The SMILES string of the molecule is COC(=O)c1ccc(CN2C(=O)N/C(=C\c3ccc(OCC(=O)O)c(Cl)c3)C2=O)o1. The van der Waals surface area contributed by atoms with Gasteiger partial charge in [-0.1, -0.05) is 17.7 Å². The summed E-state index contributed by atoms with van der Waals surface area (Å²) < 4.78 is 14.8. The molecule has 156 valence electrons. The Kier molecular flexibility index (Phi) is 6.07. The molecule has 2 aromatic rings. The van der Waals surface area contributed by atoms with Gasteiger partial charge in [0.05, 0.1) is 18.7 Å². The number of halogens is 1. The highest BCUT2D eigenvalue weighted by Crippen LogP contribution is 2.27. The van der Waals surface area contributed by atoms with Crippen LogP contribution >= 0.6 is 11.6 Å². The highest BCUT2D eigenvalue weighted by molar-refractivity contribution is 6.32. The minimum atomic E-state index is -1.15. The molecule has 10 nitrogen and oxygen atoms in total. The van der Waals surface area contributed by atoms with Crippen LogP contribution in [0.3, 0.4) is 0 Å². The summed E-state index contributed by atoms with van der Waals surface area (Å²) in [5.41, 5.74) is 0.495. The molecule has 3 amide bonds. The third kappa shape index (κ3) is 4.61. The van der Waals surface area contributed by atoms with Gasteiger partial charge >= 0.3 is 18.0 Å². The van der Waals surface area contributed by atoms with Gasteiger partial charge in [0.1, 0.15) is 17.2 Å². The van der Waals surface area contributed by atoms with E-state index in [1.165, 1.54) is 37.5 Å². The third-order valence-corrected chi connectivity index (χ3v) is 4.24. The Labute approximate surface area is 174 Å². The Morgan fingerprint density at radius 2 is 2.03 bits per heavy atom. The number of carbonyl (C=O) groups is 4. The first-order valence-corrected chi connectivity index (χ1v) is 8.82. The Hall–Kier alpha value is -3.79. The lowest BCUT2D eigenvalue weighted by molar-refractivity contribution is -0.139. The molecule has 1 aromatic carbocycles. The van der Waals surface area contributed by atoms with E-state index < -0.39 is 30.5 Å². The fraction of sp³-hybridized carbons (Fsp3) is 0.158. The van der Waals surface area contributed by atoms with E-state index in [1.54, 1.807) is 6.07 Å². The molecule has 0 bridgehead atoms. The van der Waals surface area contributed by atoms with Gasteiger partial charge < -0.3 is 24.3 Å². The third-order valence-electron chi connectivity index (χ3n) is 3.94. The average molecular weight is 435 g/mol. The molecule has 1 aromatic heterocycles. The van der Waals surface area contributed by atoms with Crippen molar-refractivity contribution in [3.05, 3.63) is 58.1 Å². The van der Waals surface area contributed by atoms with Crippen molar-refractivity contribution in [1.82, 2.24) is 10.2 Å². The van der Waals surface area contributed by atoms with Gasteiger partial charge in [0, 0.05) is 0 Å². The van der Waals surface area contributed by atoms with E-state index in [9.17, 15) is 19.2 Å². The number of aliphatic carboxylic acids is 1. The molecule has 0 atom stereocenters. The minimum absolute atomic E-state index is 0.00928. The first kappa shape index (κ1) is 20.9. The van der Waals surface area contributed by atoms with E-state index in [4.69, 9.17) is 25.9 Å². The highest BCUT2D eigenvalue weighted by atomic mass is 35.5. The number of rotatable bonds is 7. The molecular weight excluding hydrogens is 420 g/mol. The van der Waals surface area contributed by atoms with Crippen molar-refractivity contribution in [1.29, 1.82) is 0 Å². The van der Waals surface area contributed by atoms with Gasteiger partial charge in [-0.3, -0.25) is 9.69 Å². The van der Waals surface area contributed by atoms with E-state index in [1.807, 2.05) is 0 Å². The largest absolute Gasteiger partial charge is 0.480 e. The Morgan fingerprint density at radius 3 is 2.70 bits per heavy atom. The van der Waals surface area contributed by atoms with Crippen molar-refractivity contribution in [2.45, 2.75) is 6.54 Å². The molecule has 0 saturated carbocycles. The van der Waals surface area contributed by atoms with E-state index >= 15 is 0 Å². The number of amides is 3. The van der Waals surface area contributed by atoms with E-state index in [0.717, 1.165) is 4.90 Å². The van der Waals surface area contributed by atoms with Gasteiger partial charge in [0.25, 0.3) is 5.91 Å².